The number of hydrogen-bond donors (Lipinski definition) is 0. The maximum atomic E-state index is 9.96. The normalized spacial score (nSPS) is 8.89. The van der Waals surface area contributed by atoms with Gasteiger partial charge in [0.2, 0.25) is 0 Å². The zero-order valence-corrected chi connectivity index (χ0v) is 14.9. The minimum atomic E-state index is -0.157. The van der Waals surface area contributed by atoms with E-state index in [1.54, 1.807) is 6.92 Å². The zero-order chi connectivity index (χ0) is 13.4. The first-order chi connectivity index (χ1) is 8.22. The zero-order valence-electron chi connectivity index (χ0n) is 12.9. The summed E-state index contributed by atoms with van der Waals surface area (Å²) in [5, 5.41) is 0. The summed E-state index contributed by atoms with van der Waals surface area (Å²) in [6.07, 6.45) is 11.1. The number of nitrogens with one attached hydrogen (secondary N) is 1. The molecule has 0 rings (SSSR count). The largest absolute Gasteiger partial charge is 1.00 e. The SMILES string of the molecule is CCC(=O)OC.CCCCCCCCCC[NH-].[Na+]. The fourth-order valence-corrected chi connectivity index (χ4v) is 1.40. The number of methoxy groups -OCH3 is 1. The third-order valence-electron chi connectivity index (χ3n) is 2.55. The predicted molar refractivity (Wildman–Crippen MR) is 74.1 cm³/mol. The minimum absolute atomic E-state index is 0. The van der Waals surface area contributed by atoms with E-state index in [1.807, 2.05) is 0 Å². The molecule has 0 spiro atoms. The Morgan fingerprint density at radius 2 is 1.39 bits per heavy atom. The van der Waals surface area contributed by atoms with Crippen LogP contribution in [0, 0.1) is 0 Å². The quantitative estimate of drug-likeness (QED) is 0.363. The van der Waals surface area contributed by atoms with Crippen LogP contribution in [0.3, 0.4) is 0 Å². The average Bonchev–Trinajstić information content (AvgIpc) is 2.37. The second kappa shape index (κ2) is 22.6. The number of carbonyl (C=O) groups is 1. The molecule has 0 bridgehead atoms. The van der Waals surface area contributed by atoms with Gasteiger partial charge in [0.15, 0.2) is 0 Å². The first-order valence-corrected chi connectivity index (χ1v) is 6.94. The van der Waals surface area contributed by atoms with Gasteiger partial charge in [-0.3, -0.25) is 4.79 Å². The number of esters is 1. The standard InChI is InChI=1S/C10H22N.C4H8O2.Na/c1-2-3-4-5-6-7-8-9-10-11;1-3-4(5)6-2;/h11H,2-10H2,1H3;3H2,1-2H3;/q-1;;+1. The molecule has 4 heteroatoms. The molecule has 0 aliphatic rings. The van der Waals surface area contributed by atoms with Gasteiger partial charge in [0.05, 0.1) is 7.11 Å². The molecule has 18 heavy (non-hydrogen) atoms. The van der Waals surface area contributed by atoms with Crippen molar-refractivity contribution in [2.24, 2.45) is 0 Å². The molecule has 0 saturated carbocycles. The number of ether oxygens (including phenoxy) is 1. The van der Waals surface area contributed by atoms with Gasteiger partial charge in [0.25, 0.3) is 0 Å². The Morgan fingerprint density at radius 3 is 1.67 bits per heavy atom. The first-order valence-electron chi connectivity index (χ1n) is 6.94. The molecule has 0 aromatic heterocycles. The van der Waals surface area contributed by atoms with Crippen LogP contribution in [0.15, 0.2) is 0 Å². The van der Waals surface area contributed by atoms with Crippen molar-refractivity contribution >= 4 is 5.97 Å². The fourth-order valence-electron chi connectivity index (χ4n) is 1.40. The summed E-state index contributed by atoms with van der Waals surface area (Å²) in [4.78, 5) is 9.96. The van der Waals surface area contributed by atoms with E-state index in [2.05, 4.69) is 11.7 Å². The molecule has 0 amide bonds. The number of hydrogen-bond acceptors (Lipinski definition) is 2. The molecule has 0 aliphatic carbocycles. The minimum Gasteiger partial charge on any atom is -0.677 e. The summed E-state index contributed by atoms with van der Waals surface area (Å²) in [5.41, 5.74) is 6.95. The Balaban J connectivity index is -0.000000277. The van der Waals surface area contributed by atoms with E-state index in [0.29, 0.717) is 13.0 Å². The van der Waals surface area contributed by atoms with Gasteiger partial charge in [-0.2, -0.15) is 6.54 Å². The fraction of sp³-hybridized carbons (Fsp3) is 0.929. The van der Waals surface area contributed by atoms with Crippen molar-refractivity contribution in [1.29, 1.82) is 0 Å². The molecule has 0 saturated heterocycles. The smallest absolute Gasteiger partial charge is 0.677 e. The number of rotatable bonds is 9. The topological polar surface area (TPSA) is 50.1 Å². The third kappa shape index (κ3) is 25.3. The van der Waals surface area contributed by atoms with Crippen LogP contribution in [0.25, 0.3) is 5.73 Å². The molecular formula is C14H30NNaO2. The van der Waals surface area contributed by atoms with E-state index < -0.39 is 0 Å². The summed E-state index contributed by atoms with van der Waals surface area (Å²) >= 11 is 0. The van der Waals surface area contributed by atoms with Crippen LogP contribution in [-0.4, -0.2) is 19.6 Å². The summed E-state index contributed by atoms with van der Waals surface area (Å²) < 4.78 is 4.26. The van der Waals surface area contributed by atoms with Crippen molar-refractivity contribution in [2.75, 3.05) is 13.7 Å². The van der Waals surface area contributed by atoms with Gasteiger partial charge >= 0.3 is 35.5 Å². The Kier molecular flexibility index (Phi) is 29.5. The predicted octanol–water partition coefficient (Wildman–Crippen LogP) is 1.75. The Bertz CT molecular complexity index is 141. The molecule has 0 unspecified atom stereocenters. The van der Waals surface area contributed by atoms with Gasteiger partial charge in [-0.05, 0) is 0 Å². The summed E-state index contributed by atoms with van der Waals surface area (Å²) in [7, 11) is 1.38. The van der Waals surface area contributed by atoms with E-state index in [-0.39, 0.29) is 35.5 Å². The summed E-state index contributed by atoms with van der Waals surface area (Å²) in [6, 6.07) is 0. The number of carbonyl (C=O) groups excluding carboxylic acids is 1. The van der Waals surface area contributed by atoms with Crippen LogP contribution in [0.1, 0.15) is 71.6 Å². The van der Waals surface area contributed by atoms with E-state index in [9.17, 15) is 4.79 Å². The molecule has 0 atom stereocenters. The summed E-state index contributed by atoms with van der Waals surface area (Å²) in [6.45, 7) is 4.63. The van der Waals surface area contributed by atoms with Gasteiger partial charge in [-0.1, -0.05) is 65.2 Å². The second-order valence-electron chi connectivity index (χ2n) is 4.15. The van der Waals surface area contributed by atoms with E-state index >= 15 is 0 Å². The van der Waals surface area contributed by atoms with Crippen molar-refractivity contribution in [3.05, 3.63) is 5.73 Å². The molecule has 3 nitrogen and oxygen atoms in total. The van der Waals surface area contributed by atoms with Crippen molar-refractivity contribution in [3.63, 3.8) is 0 Å². The Hall–Kier alpha value is 0.430. The van der Waals surface area contributed by atoms with Gasteiger partial charge in [-0.15, -0.1) is 0 Å². The van der Waals surface area contributed by atoms with Crippen LogP contribution in [0.5, 0.6) is 0 Å². The molecular weight excluding hydrogens is 237 g/mol. The first kappa shape index (κ1) is 23.5. The van der Waals surface area contributed by atoms with Gasteiger partial charge in [0, 0.05) is 6.42 Å². The van der Waals surface area contributed by atoms with Crippen molar-refractivity contribution < 1.29 is 39.1 Å². The number of unbranched alkanes of at least 4 members (excludes halogenated alkanes) is 7. The molecule has 0 heterocycles. The van der Waals surface area contributed by atoms with Gasteiger partial charge < -0.3 is 10.5 Å². The molecule has 0 aromatic rings. The van der Waals surface area contributed by atoms with Crippen LogP contribution in [-0.2, 0) is 9.53 Å². The van der Waals surface area contributed by atoms with Crippen LogP contribution >= 0.6 is 0 Å². The van der Waals surface area contributed by atoms with Crippen molar-refractivity contribution in [2.45, 2.75) is 71.6 Å². The molecule has 0 radical (unpaired) electrons. The average molecular weight is 267 g/mol. The van der Waals surface area contributed by atoms with Gasteiger partial charge in [-0.25, -0.2) is 0 Å². The van der Waals surface area contributed by atoms with E-state index in [1.165, 1.54) is 52.1 Å². The van der Waals surface area contributed by atoms with Crippen LogP contribution < -0.4 is 29.6 Å². The van der Waals surface area contributed by atoms with E-state index in [4.69, 9.17) is 5.73 Å². The third-order valence-corrected chi connectivity index (χ3v) is 2.55. The maximum absolute atomic E-state index is 9.96. The second-order valence-corrected chi connectivity index (χ2v) is 4.15. The Labute approximate surface area is 136 Å². The molecule has 104 valence electrons. The molecule has 1 N–H and O–H groups in total. The molecule has 0 fully saturated rings. The Morgan fingerprint density at radius 1 is 0.944 bits per heavy atom. The van der Waals surface area contributed by atoms with Crippen molar-refractivity contribution in [1.82, 2.24) is 0 Å². The van der Waals surface area contributed by atoms with Crippen molar-refractivity contribution in [3.8, 4) is 0 Å². The van der Waals surface area contributed by atoms with Gasteiger partial charge in [0.1, 0.15) is 0 Å². The molecule has 0 aromatic carbocycles. The monoisotopic (exact) mass is 267 g/mol. The molecule has 0 aliphatic heterocycles. The van der Waals surface area contributed by atoms with Crippen LogP contribution in [0.4, 0.5) is 0 Å². The maximum Gasteiger partial charge on any atom is 1.00 e. The summed E-state index contributed by atoms with van der Waals surface area (Å²) in [5.74, 6) is -0.157. The van der Waals surface area contributed by atoms with Crippen LogP contribution in [0.2, 0.25) is 0 Å². The van der Waals surface area contributed by atoms with E-state index in [0.717, 1.165) is 6.42 Å².